The second-order valence-electron chi connectivity index (χ2n) is 5.50. The lowest BCUT2D eigenvalue weighted by Crippen LogP contribution is -2.16. The lowest BCUT2D eigenvalue weighted by Gasteiger charge is -2.21. The Morgan fingerprint density at radius 2 is 2.11 bits per heavy atom. The summed E-state index contributed by atoms with van der Waals surface area (Å²) in [4.78, 5) is 4.38. The van der Waals surface area contributed by atoms with Crippen LogP contribution in [0.15, 0.2) is 18.3 Å². The van der Waals surface area contributed by atoms with Gasteiger partial charge in [0, 0.05) is 18.8 Å². The first-order valence-electron chi connectivity index (χ1n) is 7.67. The van der Waals surface area contributed by atoms with Gasteiger partial charge in [0.15, 0.2) is 0 Å². The van der Waals surface area contributed by atoms with Crippen molar-refractivity contribution in [2.24, 2.45) is 5.92 Å². The third-order valence-electron chi connectivity index (χ3n) is 3.75. The van der Waals surface area contributed by atoms with Crippen LogP contribution in [-0.4, -0.2) is 18.1 Å². The molecule has 3 heteroatoms. The van der Waals surface area contributed by atoms with Gasteiger partial charge in [-0.25, -0.2) is 4.98 Å². The molecule has 0 aromatic carbocycles. The molecule has 3 nitrogen and oxygen atoms in total. The van der Waals surface area contributed by atoms with Gasteiger partial charge in [0.25, 0.3) is 0 Å². The molecule has 1 aromatic rings. The highest BCUT2D eigenvalue weighted by Crippen LogP contribution is 2.24. The molecule has 0 atom stereocenters. The molecular formula is C16H26N2O. The molecule has 0 spiro atoms. The highest BCUT2D eigenvalue weighted by Gasteiger charge is 2.14. The molecule has 0 aliphatic heterocycles. The molecule has 0 amide bonds. The molecule has 1 saturated carbocycles. The second-order valence-corrected chi connectivity index (χ2v) is 5.50. The molecule has 0 radical (unpaired) electrons. The molecule has 106 valence electrons. The summed E-state index contributed by atoms with van der Waals surface area (Å²) >= 11 is 0. The van der Waals surface area contributed by atoms with E-state index in [9.17, 15) is 0 Å². The normalized spacial score (nSPS) is 16.5. The van der Waals surface area contributed by atoms with Crippen LogP contribution in [0.2, 0.25) is 0 Å². The Labute approximate surface area is 116 Å². The van der Waals surface area contributed by atoms with E-state index in [1.54, 1.807) is 0 Å². The fraction of sp³-hybridized carbons (Fsp3) is 0.688. The zero-order valence-electron chi connectivity index (χ0n) is 12.0. The van der Waals surface area contributed by atoms with Crippen molar-refractivity contribution in [1.82, 2.24) is 10.3 Å². The van der Waals surface area contributed by atoms with E-state index in [0.29, 0.717) is 0 Å². The van der Waals surface area contributed by atoms with Gasteiger partial charge in [-0.05, 0) is 37.3 Å². The standard InChI is InChI=1S/C16H26N2O/c1-2-10-17-11-15-8-9-16(18-12-15)19-13-14-6-4-3-5-7-14/h8-9,12,14,17H,2-7,10-11,13H2,1H3. The van der Waals surface area contributed by atoms with Gasteiger partial charge in [0.2, 0.25) is 5.88 Å². The molecule has 1 heterocycles. The van der Waals surface area contributed by atoms with E-state index in [0.717, 1.165) is 37.9 Å². The maximum atomic E-state index is 5.79. The summed E-state index contributed by atoms with van der Waals surface area (Å²) in [6.45, 7) is 4.96. The third kappa shape index (κ3) is 5.19. The van der Waals surface area contributed by atoms with Crippen molar-refractivity contribution in [3.05, 3.63) is 23.9 Å². The first kappa shape index (κ1) is 14.3. The van der Waals surface area contributed by atoms with Crippen molar-refractivity contribution in [3.63, 3.8) is 0 Å². The molecule has 1 aliphatic carbocycles. The maximum absolute atomic E-state index is 5.79. The molecule has 0 unspecified atom stereocenters. The molecule has 2 rings (SSSR count). The van der Waals surface area contributed by atoms with Gasteiger partial charge in [0.05, 0.1) is 6.61 Å². The number of hydrogen-bond donors (Lipinski definition) is 1. The first-order chi connectivity index (χ1) is 9.38. The van der Waals surface area contributed by atoms with E-state index in [1.807, 2.05) is 12.3 Å². The minimum Gasteiger partial charge on any atom is -0.477 e. The number of aromatic nitrogens is 1. The Kier molecular flexibility index (Phi) is 6.15. The molecular weight excluding hydrogens is 236 g/mol. The van der Waals surface area contributed by atoms with E-state index in [2.05, 4.69) is 23.3 Å². The van der Waals surface area contributed by atoms with Crippen LogP contribution >= 0.6 is 0 Å². The Morgan fingerprint density at radius 1 is 1.26 bits per heavy atom. The summed E-state index contributed by atoms with van der Waals surface area (Å²) in [5, 5.41) is 3.37. The van der Waals surface area contributed by atoms with Gasteiger partial charge >= 0.3 is 0 Å². The van der Waals surface area contributed by atoms with Gasteiger partial charge in [-0.15, -0.1) is 0 Å². The molecule has 1 fully saturated rings. The van der Waals surface area contributed by atoms with E-state index < -0.39 is 0 Å². The summed E-state index contributed by atoms with van der Waals surface area (Å²) in [6.07, 6.45) is 9.84. The zero-order chi connectivity index (χ0) is 13.3. The molecule has 1 aromatic heterocycles. The van der Waals surface area contributed by atoms with Crippen LogP contribution in [0.5, 0.6) is 5.88 Å². The zero-order valence-corrected chi connectivity index (χ0v) is 12.0. The van der Waals surface area contributed by atoms with E-state index in [1.165, 1.54) is 37.7 Å². The Bertz CT molecular complexity index is 344. The predicted molar refractivity (Wildman–Crippen MR) is 78.3 cm³/mol. The van der Waals surface area contributed by atoms with Gasteiger partial charge < -0.3 is 10.1 Å². The minimum atomic E-state index is 0.737. The summed E-state index contributed by atoms with van der Waals surface area (Å²) in [5.74, 6) is 1.51. The highest BCUT2D eigenvalue weighted by atomic mass is 16.5. The van der Waals surface area contributed by atoms with Crippen LogP contribution in [0.25, 0.3) is 0 Å². The van der Waals surface area contributed by atoms with Crippen LogP contribution < -0.4 is 10.1 Å². The van der Waals surface area contributed by atoms with Crippen LogP contribution in [0.4, 0.5) is 0 Å². The average Bonchev–Trinajstić information content (AvgIpc) is 2.48. The van der Waals surface area contributed by atoms with E-state index in [-0.39, 0.29) is 0 Å². The number of nitrogens with one attached hydrogen (secondary N) is 1. The summed E-state index contributed by atoms with van der Waals surface area (Å²) in [5.41, 5.74) is 1.22. The number of rotatable bonds is 7. The van der Waals surface area contributed by atoms with Gasteiger partial charge in [-0.2, -0.15) is 0 Å². The number of pyridine rings is 1. The monoisotopic (exact) mass is 262 g/mol. The van der Waals surface area contributed by atoms with Gasteiger partial charge in [-0.1, -0.05) is 32.3 Å². The Hall–Kier alpha value is -1.09. The Balaban J connectivity index is 1.71. The van der Waals surface area contributed by atoms with Crippen molar-refractivity contribution in [2.45, 2.75) is 52.0 Å². The van der Waals surface area contributed by atoms with E-state index in [4.69, 9.17) is 4.74 Å². The van der Waals surface area contributed by atoms with Gasteiger partial charge in [0.1, 0.15) is 0 Å². The first-order valence-corrected chi connectivity index (χ1v) is 7.67. The van der Waals surface area contributed by atoms with Gasteiger partial charge in [-0.3, -0.25) is 0 Å². The quantitative estimate of drug-likeness (QED) is 0.763. The van der Waals surface area contributed by atoms with Crippen LogP contribution in [0, 0.1) is 5.92 Å². The predicted octanol–water partition coefficient (Wildman–Crippen LogP) is 3.54. The number of ether oxygens (including phenoxy) is 1. The maximum Gasteiger partial charge on any atom is 0.213 e. The molecule has 19 heavy (non-hydrogen) atoms. The van der Waals surface area contributed by atoms with Crippen molar-refractivity contribution < 1.29 is 4.74 Å². The van der Waals surface area contributed by atoms with E-state index >= 15 is 0 Å². The topological polar surface area (TPSA) is 34.1 Å². The number of nitrogens with zero attached hydrogens (tertiary/aromatic N) is 1. The lowest BCUT2D eigenvalue weighted by molar-refractivity contribution is 0.203. The summed E-state index contributed by atoms with van der Waals surface area (Å²) < 4.78 is 5.79. The summed E-state index contributed by atoms with van der Waals surface area (Å²) in [7, 11) is 0. The van der Waals surface area contributed by atoms with Crippen molar-refractivity contribution in [1.29, 1.82) is 0 Å². The van der Waals surface area contributed by atoms with Crippen molar-refractivity contribution in [2.75, 3.05) is 13.2 Å². The molecule has 1 aliphatic rings. The third-order valence-corrected chi connectivity index (χ3v) is 3.75. The van der Waals surface area contributed by atoms with Crippen LogP contribution in [-0.2, 0) is 6.54 Å². The lowest BCUT2D eigenvalue weighted by atomic mass is 9.90. The molecule has 0 bridgehead atoms. The SMILES string of the molecule is CCCNCc1ccc(OCC2CCCCC2)nc1. The number of hydrogen-bond acceptors (Lipinski definition) is 3. The smallest absolute Gasteiger partial charge is 0.213 e. The molecule has 0 saturated heterocycles. The Morgan fingerprint density at radius 3 is 2.79 bits per heavy atom. The summed E-state index contributed by atoms with van der Waals surface area (Å²) in [6, 6.07) is 4.09. The molecule has 1 N–H and O–H groups in total. The van der Waals surface area contributed by atoms with Crippen LogP contribution in [0.1, 0.15) is 51.0 Å². The van der Waals surface area contributed by atoms with Crippen LogP contribution in [0.3, 0.4) is 0 Å². The van der Waals surface area contributed by atoms with Crippen molar-refractivity contribution >= 4 is 0 Å². The second kappa shape index (κ2) is 8.16. The largest absolute Gasteiger partial charge is 0.477 e. The minimum absolute atomic E-state index is 0.737. The highest BCUT2D eigenvalue weighted by molar-refractivity contribution is 5.17. The fourth-order valence-electron chi connectivity index (χ4n) is 2.57. The fourth-order valence-corrected chi connectivity index (χ4v) is 2.57. The van der Waals surface area contributed by atoms with Crippen molar-refractivity contribution in [3.8, 4) is 5.88 Å². The average molecular weight is 262 g/mol.